The summed E-state index contributed by atoms with van der Waals surface area (Å²) in [6.45, 7) is 3.99. The SMILES string of the molecule is Cc1cccc(C)n1.FC(F)(F)CCl. The van der Waals surface area contributed by atoms with E-state index in [1.807, 2.05) is 32.0 Å². The summed E-state index contributed by atoms with van der Waals surface area (Å²) in [6.07, 6.45) is -4.19. The summed E-state index contributed by atoms with van der Waals surface area (Å²) in [5, 5.41) is 0. The molecule has 5 heteroatoms. The third-order valence-electron chi connectivity index (χ3n) is 1.18. The first-order valence-electron chi connectivity index (χ1n) is 3.88. The Morgan fingerprint density at radius 2 is 1.57 bits per heavy atom. The van der Waals surface area contributed by atoms with Crippen LogP contribution in [0, 0.1) is 13.8 Å². The molecule has 0 bridgehead atoms. The molecular formula is C9H11ClF3N. The predicted octanol–water partition coefficient (Wildman–Crippen LogP) is 3.49. The number of rotatable bonds is 0. The molecule has 0 N–H and O–H groups in total. The van der Waals surface area contributed by atoms with Gasteiger partial charge in [0.25, 0.3) is 0 Å². The van der Waals surface area contributed by atoms with Crippen LogP contribution in [0.3, 0.4) is 0 Å². The fourth-order valence-electron chi connectivity index (χ4n) is 0.679. The van der Waals surface area contributed by atoms with Crippen LogP contribution < -0.4 is 0 Å². The molecule has 0 aromatic carbocycles. The number of pyridine rings is 1. The molecule has 0 saturated carbocycles. The van der Waals surface area contributed by atoms with Gasteiger partial charge in [-0.25, -0.2) is 0 Å². The average Bonchev–Trinajstić information content (AvgIpc) is 2.03. The van der Waals surface area contributed by atoms with Crippen molar-refractivity contribution in [3.63, 3.8) is 0 Å². The Morgan fingerprint density at radius 1 is 1.21 bits per heavy atom. The van der Waals surface area contributed by atoms with Crippen molar-refractivity contribution in [2.75, 3.05) is 5.88 Å². The maximum atomic E-state index is 10.7. The van der Waals surface area contributed by atoms with E-state index in [1.54, 1.807) is 0 Å². The molecule has 0 amide bonds. The lowest BCUT2D eigenvalue weighted by Crippen LogP contribution is -2.07. The van der Waals surface area contributed by atoms with Gasteiger partial charge < -0.3 is 0 Å². The summed E-state index contributed by atoms with van der Waals surface area (Å²) >= 11 is 4.35. The fraction of sp³-hybridized carbons (Fsp3) is 0.444. The molecule has 0 fully saturated rings. The normalized spacial score (nSPS) is 10.4. The van der Waals surface area contributed by atoms with E-state index in [9.17, 15) is 13.2 Å². The number of aromatic nitrogens is 1. The molecule has 80 valence electrons. The number of alkyl halides is 4. The van der Waals surface area contributed by atoms with Crippen molar-refractivity contribution in [1.29, 1.82) is 0 Å². The highest BCUT2D eigenvalue weighted by molar-refractivity contribution is 6.18. The molecule has 0 spiro atoms. The van der Waals surface area contributed by atoms with Gasteiger partial charge in [-0.2, -0.15) is 13.2 Å². The van der Waals surface area contributed by atoms with E-state index >= 15 is 0 Å². The van der Waals surface area contributed by atoms with Crippen LogP contribution in [0.15, 0.2) is 18.2 Å². The minimum Gasteiger partial charge on any atom is -0.258 e. The minimum absolute atomic E-state index is 1.09. The van der Waals surface area contributed by atoms with Crippen molar-refractivity contribution in [2.45, 2.75) is 20.0 Å². The van der Waals surface area contributed by atoms with Gasteiger partial charge >= 0.3 is 6.18 Å². The second kappa shape index (κ2) is 5.86. The van der Waals surface area contributed by atoms with Crippen molar-refractivity contribution >= 4 is 11.6 Å². The molecule has 1 rings (SSSR count). The lowest BCUT2D eigenvalue weighted by molar-refractivity contribution is -0.106. The van der Waals surface area contributed by atoms with E-state index < -0.39 is 12.1 Å². The molecule has 0 unspecified atom stereocenters. The highest BCUT2D eigenvalue weighted by atomic mass is 35.5. The zero-order valence-corrected chi connectivity index (χ0v) is 8.65. The Labute approximate surface area is 85.9 Å². The van der Waals surface area contributed by atoms with Gasteiger partial charge in [-0.3, -0.25) is 4.98 Å². The molecule has 0 saturated heterocycles. The number of halogens is 4. The van der Waals surface area contributed by atoms with Crippen LogP contribution >= 0.6 is 11.6 Å². The van der Waals surface area contributed by atoms with Crippen LogP contribution in [0.25, 0.3) is 0 Å². The molecule has 14 heavy (non-hydrogen) atoms. The van der Waals surface area contributed by atoms with Gasteiger partial charge in [0, 0.05) is 11.4 Å². The van der Waals surface area contributed by atoms with Gasteiger partial charge in [0.05, 0.1) is 0 Å². The third kappa shape index (κ3) is 7.86. The molecule has 0 aliphatic rings. The number of hydrogen-bond donors (Lipinski definition) is 0. The summed E-state index contributed by atoms with van der Waals surface area (Å²) < 4.78 is 32.0. The summed E-state index contributed by atoms with van der Waals surface area (Å²) in [5.41, 5.74) is 2.18. The van der Waals surface area contributed by atoms with Gasteiger partial charge in [-0.1, -0.05) is 6.07 Å². The summed E-state index contributed by atoms with van der Waals surface area (Å²) in [4.78, 5) is 4.17. The third-order valence-corrected chi connectivity index (χ3v) is 1.48. The maximum Gasteiger partial charge on any atom is 0.402 e. The monoisotopic (exact) mass is 225 g/mol. The molecule has 0 aliphatic carbocycles. The van der Waals surface area contributed by atoms with E-state index in [-0.39, 0.29) is 0 Å². The Bertz CT molecular complexity index is 256. The Balaban J connectivity index is 0.000000255. The second-order valence-corrected chi connectivity index (χ2v) is 2.94. The first-order valence-corrected chi connectivity index (χ1v) is 4.41. The summed E-state index contributed by atoms with van der Waals surface area (Å²) in [7, 11) is 0. The van der Waals surface area contributed by atoms with Crippen LogP contribution in [0.5, 0.6) is 0 Å². The molecule has 0 radical (unpaired) electrons. The van der Waals surface area contributed by atoms with Crippen LogP contribution in [-0.2, 0) is 0 Å². The zero-order chi connectivity index (χ0) is 11.2. The van der Waals surface area contributed by atoms with Crippen molar-refractivity contribution in [1.82, 2.24) is 4.98 Å². The Kier molecular flexibility index (Phi) is 5.53. The molecule has 0 atom stereocenters. The van der Waals surface area contributed by atoms with Crippen molar-refractivity contribution in [3.8, 4) is 0 Å². The van der Waals surface area contributed by atoms with Gasteiger partial charge in [-0.05, 0) is 26.0 Å². The van der Waals surface area contributed by atoms with Crippen LogP contribution in [0.1, 0.15) is 11.4 Å². The predicted molar refractivity (Wildman–Crippen MR) is 50.5 cm³/mol. The quantitative estimate of drug-likeness (QED) is 0.616. The summed E-state index contributed by atoms with van der Waals surface area (Å²) in [6, 6.07) is 6.00. The second-order valence-electron chi connectivity index (χ2n) is 2.67. The first kappa shape index (κ1) is 13.2. The van der Waals surface area contributed by atoms with Crippen molar-refractivity contribution < 1.29 is 13.2 Å². The molecule has 1 nitrogen and oxygen atoms in total. The van der Waals surface area contributed by atoms with Gasteiger partial charge in [0.2, 0.25) is 0 Å². The Hall–Kier alpha value is -0.770. The van der Waals surface area contributed by atoms with E-state index in [1.165, 1.54) is 0 Å². The molecular weight excluding hydrogens is 215 g/mol. The van der Waals surface area contributed by atoms with Gasteiger partial charge in [0.15, 0.2) is 0 Å². The van der Waals surface area contributed by atoms with Crippen LogP contribution in [-0.4, -0.2) is 17.0 Å². The van der Waals surface area contributed by atoms with Crippen LogP contribution in [0.2, 0.25) is 0 Å². The van der Waals surface area contributed by atoms with E-state index in [0.717, 1.165) is 11.4 Å². The molecule has 1 heterocycles. The van der Waals surface area contributed by atoms with Gasteiger partial charge in [-0.15, -0.1) is 11.6 Å². The Morgan fingerprint density at radius 3 is 1.71 bits per heavy atom. The minimum atomic E-state index is -4.19. The highest BCUT2D eigenvalue weighted by Gasteiger charge is 2.24. The largest absolute Gasteiger partial charge is 0.402 e. The zero-order valence-electron chi connectivity index (χ0n) is 7.90. The first-order chi connectivity index (χ1) is 6.35. The molecule has 1 aromatic heterocycles. The maximum absolute atomic E-state index is 10.7. The number of aryl methyl sites for hydroxylation is 2. The number of hydrogen-bond acceptors (Lipinski definition) is 1. The van der Waals surface area contributed by atoms with E-state index in [4.69, 9.17) is 0 Å². The van der Waals surface area contributed by atoms with Crippen molar-refractivity contribution in [2.24, 2.45) is 0 Å². The molecule has 1 aromatic rings. The fourth-order valence-corrected chi connectivity index (χ4v) is 0.679. The van der Waals surface area contributed by atoms with Crippen LogP contribution in [0.4, 0.5) is 13.2 Å². The van der Waals surface area contributed by atoms with Gasteiger partial charge in [0.1, 0.15) is 5.88 Å². The lowest BCUT2D eigenvalue weighted by Gasteiger charge is -1.94. The smallest absolute Gasteiger partial charge is 0.258 e. The van der Waals surface area contributed by atoms with E-state index in [2.05, 4.69) is 16.6 Å². The standard InChI is InChI=1S/C7H9N.C2H2ClF3/c1-6-4-3-5-7(2)8-6;3-1-2(4,5)6/h3-5H,1-2H3;1H2. The summed E-state index contributed by atoms with van der Waals surface area (Å²) in [5.74, 6) is -1.26. The topological polar surface area (TPSA) is 12.9 Å². The van der Waals surface area contributed by atoms with Crippen molar-refractivity contribution in [3.05, 3.63) is 29.6 Å². The highest BCUT2D eigenvalue weighted by Crippen LogP contribution is 2.14. The van der Waals surface area contributed by atoms with E-state index in [0.29, 0.717) is 0 Å². The average molecular weight is 226 g/mol. The molecule has 0 aliphatic heterocycles. The lowest BCUT2D eigenvalue weighted by atomic mass is 10.3. The number of nitrogens with zero attached hydrogens (tertiary/aromatic N) is 1.